The minimum atomic E-state index is -0.0525. The van der Waals surface area contributed by atoms with Crippen molar-refractivity contribution in [1.82, 2.24) is 19.9 Å². The molecular weight excluding hydrogens is 350 g/mol. The van der Waals surface area contributed by atoms with E-state index in [2.05, 4.69) is 38.2 Å². The summed E-state index contributed by atoms with van der Waals surface area (Å²) in [4.78, 5) is 19.3. The highest BCUT2D eigenvalue weighted by atomic mass is 35.5. The van der Waals surface area contributed by atoms with Crippen LogP contribution in [0.15, 0.2) is 30.6 Å². The summed E-state index contributed by atoms with van der Waals surface area (Å²) in [5.41, 5.74) is 7.57. The van der Waals surface area contributed by atoms with E-state index in [0.717, 1.165) is 35.4 Å². The molecule has 3 aromatic rings. The van der Waals surface area contributed by atoms with Gasteiger partial charge in [0.25, 0.3) is 0 Å². The molecule has 0 bridgehead atoms. The van der Waals surface area contributed by atoms with E-state index >= 15 is 0 Å². The van der Waals surface area contributed by atoms with E-state index in [1.165, 1.54) is 19.2 Å². The molecule has 0 radical (unpaired) electrons. The summed E-state index contributed by atoms with van der Waals surface area (Å²) >= 11 is 6.38. The molecule has 26 heavy (non-hydrogen) atoms. The smallest absolute Gasteiger partial charge is 0.227 e. The second-order valence-electron chi connectivity index (χ2n) is 6.44. The number of nitrogens with two attached hydrogens (primary N) is 1. The van der Waals surface area contributed by atoms with E-state index < -0.39 is 0 Å². The predicted molar refractivity (Wildman–Crippen MR) is 104 cm³/mol. The molecule has 1 aliphatic rings. The number of nitrogens with zero attached hydrogens (tertiary/aromatic N) is 5. The molecular formula is C18H20ClN7. The fraction of sp³-hybridized carbons (Fsp3) is 0.333. The maximum Gasteiger partial charge on any atom is 0.227 e. The molecule has 3 heterocycles. The summed E-state index contributed by atoms with van der Waals surface area (Å²) in [5.74, 6) is 1.60. The summed E-state index contributed by atoms with van der Waals surface area (Å²) in [6, 6.07) is 7.93. The van der Waals surface area contributed by atoms with Crippen LogP contribution in [0.4, 0.5) is 17.7 Å². The Balaban J connectivity index is 1.77. The third-order valence-corrected chi connectivity index (χ3v) is 4.92. The quantitative estimate of drug-likeness (QED) is 0.727. The van der Waals surface area contributed by atoms with E-state index in [1.54, 1.807) is 0 Å². The zero-order chi connectivity index (χ0) is 18.1. The third-order valence-electron chi connectivity index (χ3n) is 4.61. The van der Waals surface area contributed by atoms with Crippen molar-refractivity contribution in [2.45, 2.75) is 25.8 Å². The summed E-state index contributed by atoms with van der Waals surface area (Å²) in [7, 11) is 0. The number of halogens is 1. The maximum absolute atomic E-state index is 6.38. The number of aromatic nitrogens is 4. The molecule has 8 heteroatoms. The van der Waals surface area contributed by atoms with Gasteiger partial charge in [-0.15, -0.1) is 0 Å². The van der Waals surface area contributed by atoms with Gasteiger partial charge in [0.15, 0.2) is 0 Å². The lowest BCUT2D eigenvalue weighted by atomic mass is 10.1. The number of rotatable bonds is 4. The minimum Gasteiger partial charge on any atom is -0.368 e. The number of hydrogen-bond donors (Lipinski definition) is 2. The van der Waals surface area contributed by atoms with Gasteiger partial charge in [0, 0.05) is 24.0 Å². The van der Waals surface area contributed by atoms with Crippen molar-refractivity contribution in [2.24, 2.45) is 0 Å². The summed E-state index contributed by atoms with van der Waals surface area (Å²) in [5, 5.41) is 4.98. The minimum absolute atomic E-state index is 0.0525. The van der Waals surface area contributed by atoms with Crippen LogP contribution in [0.3, 0.4) is 0 Å². The molecule has 0 saturated carbocycles. The van der Waals surface area contributed by atoms with Crippen LogP contribution in [0.2, 0.25) is 5.02 Å². The first kappa shape index (κ1) is 16.8. The maximum atomic E-state index is 6.38. The molecule has 134 valence electrons. The Morgan fingerprint density at radius 1 is 1.19 bits per heavy atom. The zero-order valence-electron chi connectivity index (χ0n) is 14.5. The lowest BCUT2D eigenvalue weighted by Crippen LogP contribution is -2.23. The van der Waals surface area contributed by atoms with E-state index in [0.29, 0.717) is 11.0 Å². The molecule has 1 fully saturated rings. The van der Waals surface area contributed by atoms with Gasteiger partial charge in [-0.25, -0.2) is 15.0 Å². The van der Waals surface area contributed by atoms with Crippen LogP contribution < -0.4 is 16.0 Å². The first-order chi connectivity index (χ1) is 12.6. The standard InChI is InChI=1S/C18H20ClN7/c1-11(23-18-22-10-21-17(20)25-18)13-9-12-5-4-6-14(19)15(12)24-16(13)26-7-2-3-8-26/h4-6,9-11H,2-3,7-8H2,1H3,(H3,20,21,22,23,25)/t11-/m0/s1. The SMILES string of the molecule is C[C@H](Nc1ncnc(N)n1)c1cc2cccc(Cl)c2nc1N1CCCC1. The van der Waals surface area contributed by atoms with Gasteiger partial charge in [0.1, 0.15) is 12.1 Å². The van der Waals surface area contributed by atoms with Crippen LogP contribution in [-0.2, 0) is 0 Å². The average molecular weight is 370 g/mol. The molecule has 7 nitrogen and oxygen atoms in total. The highest BCUT2D eigenvalue weighted by Gasteiger charge is 2.22. The van der Waals surface area contributed by atoms with Crippen LogP contribution in [0.5, 0.6) is 0 Å². The van der Waals surface area contributed by atoms with Crippen LogP contribution in [0.25, 0.3) is 10.9 Å². The lowest BCUT2D eigenvalue weighted by Gasteiger charge is -2.24. The first-order valence-corrected chi connectivity index (χ1v) is 9.05. The fourth-order valence-corrected chi connectivity index (χ4v) is 3.54. The topological polar surface area (TPSA) is 92.8 Å². The number of pyridine rings is 1. The monoisotopic (exact) mass is 369 g/mol. The molecule has 4 rings (SSSR count). The van der Waals surface area contributed by atoms with Crippen molar-refractivity contribution in [3.05, 3.63) is 41.2 Å². The molecule has 1 aromatic carbocycles. The van der Waals surface area contributed by atoms with Gasteiger partial charge in [-0.3, -0.25) is 0 Å². The molecule has 3 N–H and O–H groups in total. The van der Waals surface area contributed by atoms with Crippen LogP contribution >= 0.6 is 11.6 Å². The predicted octanol–water partition coefficient (Wildman–Crippen LogP) is 3.43. The van der Waals surface area contributed by atoms with Crippen LogP contribution in [-0.4, -0.2) is 33.0 Å². The summed E-state index contributed by atoms with van der Waals surface area (Å²) < 4.78 is 0. The van der Waals surface area contributed by atoms with Crippen molar-refractivity contribution in [3.8, 4) is 0 Å². The Bertz CT molecular complexity index is 940. The highest BCUT2D eigenvalue weighted by molar-refractivity contribution is 6.35. The Hall–Kier alpha value is -2.67. The van der Waals surface area contributed by atoms with E-state index in [9.17, 15) is 0 Å². The zero-order valence-corrected chi connectivity index (χ0v) is 15.2. The van der Waals surface area contributed by atoms with Gasteiger partial charge in [-0.05, 0) is 31.9 Å². The largest absolute Gasteiger partial charge is 0.368 e. The molecule has 0 spiro atoms. The van der Waals surface area contributed by atoms with Crippen molar-refractivity contribution in [2.75, 3.05) is 29.0 Å². The third kappa shape index (κ3) is 3.22. The summed E-state index contributed by atoms with van der Waals surface area (Å²) in [6.45, 7) is 4.07. The van der Waals surface area contributed by atoms with Gasteiger partial charge >= 0.3 is 0 Å². The Labute approximate surface area is 156 Å². The second-order valence-corrected chi connectivity index (χ2v) is 6.85. The number of nitrogens with one attached hydrogen (secondary N) is 1. The highest BCUT2D eigenvalue weighted by Crippen LogP contribution is 2.33. The molecule has 0 amide bonds. The number of hydrogen-bond acceptors (Lipinski definition) is 7. The van der Waals surface area contributed by atoms with Gasteiger partial charge < -0.3 is 16.0 Å². The van der Waals surface area contributed by atoms with E-state index in [-0.39, 0.29) is 12.0 Å². The van der Waals surface area contributed by atoms with Gasteiger partial charge in [-0.2, -0.15) is 4.98 Å². The first-order valence-electron chi connectivity index (χ1n) is 8.67. The Morgan fingerprint density at radius 3 is 2.77 bits per heavy atom. The van der Waals surface area contributed by atoms with Crippen molar-refractivity contribution in [3.63, 3.8) is 0 Å². The number of para-hydroxylation sites is 1. The second kappa shape index (κ2) is 6.92. The normalized spacial score (nSPS) is 15.4. The molecule has 2 aromatic heterocycles. The van der Waals surface area contributed by atoms with Gasteiger partial charge in [0.05, 0.1) is 16.6 Å². The molecule has 1 aliphatic heterocycles. The lowest BCUT2D eigenvalue weighted by molar-refractivity contribution is 0.829. The summed E-state index contributed by atoms with van der Waals surface area (Å²) in [6.07, 6.45) is 3.75. The van der Waals surface area contributed by atoms with Crippen molar-refractivity contribution < 1.29 is 0 Å². The molecule has 1 atom stereocenters. The van der Waals surface area contributed by atoms with Gasteiger partial charge in [-0.1, -0.05) is 23.7 Å². The Kier molecular flexibility index (Phi) is 4.46. The molecule has 0 aliphatic carbocycles. The molecule has 0 unspecified atom stereocenters. The molecule has 1 saturated heterocycles. The van der Waals surface area contributed by atoms with Gasteiger partial charge in [0.2, 0.25) is 11.9 Å². The fourth-order valence-electron chi connectivity index (χ4n) is 3.32. The van der Waals surface area contributed by atoms with E-state index in [1.807, 2.05) is 18.2 Å². The van der Waals surface area contributed by atoms with Crippen LogP contribution in [0.1, 0.15) is 31.4 Å². The number of benzene rings is 1. The van der Waals surface area contributed by atoms with Crippen molar-refractivity contribution in [1.29, 1.82) is 0 Å². The number of fused-ring (bicyclic) bond motifs is 1. The van der Waals surface area contributed by atoms with Crippen molar-refractivity contribution >= 4 is 40.2 Å². The van der Waals surface area contributed by atoms with Crippen LogP contribution in [0, 0.1) is 0 Å². The average Bonchev–Trinajstić information content (AvgIpc) is 3.15. The number of anilines is 3. The van der Waals surface area contributed by atoms with E-state index in [4.69, 9.17) is 22.3 Å². The number of nitrogen functional groups attached to an aromatic ring is 1. The Morgan fingerprint density at radius 2 is 2.00 bits per heavy atom.